The molecule has 0 unspecified atom stereocenters. The maximum atomic E-state index is 5.84. The summed E-state index contributed by atoms with van der Waals surface area (Å²) in [4.78, 5) is 11.2. The topological polar surface area (TPSA) is 55.0 Å². The van der Waals surface area contributed by atoms with E-state index in [0.29, 0.717) is 5.95 Å². The summed E-state index contributed by atoms with van der Waals surface area (Å²) in [7, 11) is 2.14. The molecule has 4 nitrogen and oxygen atoms in total. The quantitative estimate of drug-likeness (QED) is 0.884. The van der Waals surface area contributed by atoms with Crippen LogP contribution in [0.4, 0.5) is 11.8 Å². The fraction of sp³-hybridized carbons (Fsp3) is 0.714. The highest BCUT2D eigenvalue weighted by atomic mass is 15.2. The average molecular weight is 246 g/mol. The molecule has 1 aromatic rings. The summed E-state index contributed by atoms with van der Waals surface area (Å²) in [5.74, 6) is 2.48. The smallest absolute Gasteiger partial charge is 0.222 e. The van der Waals surface area contributed by atoms with E-state index >= 15 is 0 Å². The second-order valence-electron chi connectivity index (χ2n) is 5.69. The number of nitrogen functional groups attached to an aromatic ring is 1. The number of hydrogen-bond donors (Lipinski definition) is 1. The lowest BCUT2D eigenvalue weighted by Crippen LogP contribution is -2.24. The molecule has 2 aliphatic rings. The number of hydrogen-bond acceptors (Lipinski definition) is 4. The van der Waals surface area contributed by atoms with Crippen LogP contribution in [0.3, 0.4) is 0 Å². The molecule has 4 heteroatoms. The summed E-state index contributed by atoms with van der Waals surface area (Å²) < 4.78 is 0. The lowest BCUT2D eigenvalue weighted by Gasteiger charge is -2.25. The molecule has 1 saturated carbocycles. The van der Waals surface area contributed by atoms with Crippen molar-refractivity contribution in [2.24, 2.45) is 5.92 Å². The zero-order valence-corrected chi connectivity index (χ0v) is 11.2. The number of aromatic nitrogens is 2. The van der Waals surface area contributed by atoms with Crippen LogP contribution in [0.15, 0.2) is 0 Å². The van der Waals surface area contributed by atoms with E-state index in [2.05, 4.69) is 21.9 Å². The van der Waals surface area contributed by atoms with E-state index in [-0.39, 0.29) is 0 Å². The Morgan fingerprint density at radius 2 is 2.00 bits per heavy atom. The summed E-state index contributed by atoms with van der Waals surface area (Å²) in [6.45, 7) is 1.09. The van der Waals surface area contributed by atoms with Crippen molar-refractivity contribution in [1.82, 2.24) is 9.97 Å². The van der Waals surface area contributed by atoms with E-state index in [1.807, 2.05) is 0 Å². The number of nitrogens with two attached hydrogens (primary N) is 1. The second kappa shape index (κ2) is 4.75. The van der Waals surface area contributed by atoms with Crippen molar-refractivity contribution in [3.63, 3.8) is 0 Å². The maximum Gasteiger partial charge on any atom is 0.222 e. The molecule has 98 valence electrons. The van der Waals surface area contributed by atoms with E-state index in [4.69, 9.17) is 5.73 Å². The van der Waals surface area contributed by atoms with Gasteiger partial charge in [-0.2, -0.15) is 4.98 Å². The SMILES string of the molecule is CN(CCC1CC1)c1nc(N)nc2c1CCCC2. The Labute approximate surface area is 109 Å². The van der Waals surface area contributed by atoms with Gasteiger partial charge in [-0.15, -0.1) is 0 Å². The van der Waals surface area contributed by atoms with Gasteiger partial charge in [-0.05, 0) is 38.0 Å². The van der Waals surface area contributed by atoms with E-state index in [9.17, 15) is 0 Å². The minimum absolute atomic E-state index is 0.434. The lowest BCUT2D eigenvalue weighted by atomic mass is 9.96. The largest absolute Gasteiger partial charge is 0.368 e. The molecule has 0 saturated heterocycles. The molecule has 2 N–H and O–H groups in total. The first-order valence-corrected chi connectivity index (χ1v) is 7.10. The highest BCUT2D eigenvalue weighted by Crippen LogP contribution is 2.33. The van der Waals surface area contributed by atoms with Crippen LogP contribution in [0, 0.1) is 5.92 Å². The molecule has 1 heterocycles. The molecule has 3 rings (SSSR count). The van der Waals surface area contributed by atoms with Gasteiger partial charge in [-0.3, -0.25) is 0 Å². The van der Waals surface area contributed by atoms with E-state index in [0.717, 1.165) is 31.1 Å². The molecular formula is C14H22N4. The van der Waals surface area contributed by atoms with Gasteiger partial charge in [0.25, 0.3) is 0 Å². The molecule has 0 aromatic carbocycles. The summed E-state index contributed by atoms with van der Waals surface area (Å²) in [6, 6.07) is 0. The van der Waals surface area contributed by atoms with Gasteiger partial charge < -0.3 is 10.6 Å². The highest BCUT2D eigenvalue weighted by Gasteiger charge is 2.23. The zero-order valence-electron chi connectivity index (χ0n) is 11.2. The van der Waals surface area contributed by atoms with Crippen LogP contribution < -0.4 is 10.6 Å². The van der Waals surface area contributed by atoms with Gasteiger partial charge in [0.2, 0.25) is 5.95 Å². The van der Waals surface area contributed by atoms with Crippen LogP contribution in [-0.4, -0.2) is 23.6 Å². The van der Waals surface area contributed by atoms with E-state index in [1.165, 1.54) is 43.4 Å². The predicted octanol–water partition coefficient (Wildman–Crippen LogP) is 2.17. The second-order valence-corrected chi connectivity index (χ2v) is 5.69. The van der Waals surface area contributed by atoms with Crippen LogP contribution in [0.25, 0.3) is 0 Å². The van der Waals surface area contributed by atoms with Crippen LogP contribution in [0.5, 0.6) is 0 Å². The van der Waals surface area contributed by atoms with E-state index in [1.54, 1.807) is 0 Å². The standard InChI is InChI=1S/C14H22N4/c1-18(9-8-10-6-7-10)13-11-4-2-3-5-12(11)16-14(15)17-13/h10H,2-9H2,1H3,(H2,15,16,17). The van der Waals surface area contributed by atoms with Crippen molar-refractivity contribution < 1.29 is 0 Å². The summed E-state index contributed by atoms with van der Waals surface area (Å²) in [5.41, 5.74) is 8.36. The molecule has 0 atom stereocenters. The lowest BCUT2D eigenvalue weighted by molar-refractivity contribution is 0.652. The first-order chi connectivity index (χ1) is 8.74. The van der Waals surface area contributed by atoms with Crippen molar-refractivity contribution in [2.45, 2.75) is 44.9 Å². The monoisotopic (exact) mass is 246 g/mol. The van der Waals surface area contributed by atoms with Gasteiger partial charge in [-0.1, -0.05) is 12.8 Å². The molecule has 0 radical (unpaired) electrons. The average Bonchev–Trinajstić information content (AvgIpc) is 3.19. The molecule has 1 fully saturated rings. The Bertz CT molecular complexity index is 440. The van der Waals surface area contributed by atoms with Crippen LogP contribution in [-0.2, 0) is 12.8 Å². The Morgan fingerprint density at radius 3 is 2.78 bits per heavy atom. The zero-order chi connectivity index (χ0) is 12.5. The molecule has 18 heavy (non-hydrogen) atoms. The maximum absolute atomic E-state index is 5.84. The number of fused-ring (bicyclic) bond motifs is 1. The highest BCUT2D eigenvalue weighted by molar-refractivity contribution is 5.52. The first kappa shape index (κ1) is 11.8. The molecule has 1 aromatic heterocycles. The van der Waals surface area contributed by atoms with Gasteiger partial charge >= 0.3 is 0 Å². The molecule has 0 bridgehead atoms. The van der Waals surface area contributed by atoms with Gasteiger partial charge in [0.15, 0.2) is 0 Å². The Kier molecular flexibility index (Phi) is 3.10. The van der Waals surface area contributed by atoms with Crippen molar-refractivity contribution in [3.8, 4) is 0 Å². The fourth-order valence-corrected chi connectivity index (χ4v) is 2.80. The first-order valence-electron chi connectivity index (χ1n) is 7.10. The van der Waals surface area contributed by atoms with Crippen molar-refractivity contribution in [1.29, 1.82) is 0 Å². The normalized spacial score (nSPS) is 18.5. The van der Waals surface area contributed by atoms with Crippen molar-refractivity contribution >= 4 is 11.8 Å². The number of rotatable bonds is 4. The summed E-state index contributed by atoms with van der Waals surface area (Å²) >= 11 is 0. The predicted molar refractivity (Wildman–Crippen MR) is 73.7 cm³/mol. The Hall–Kier alpha value is -1.32. The van der Waals surface area contributed by atoms with Crippen molar-refractivity contribution in [2.75, 3.05) is 24.2 Å². The number of aryl methyl sites for hydroxylation is 1. The van der Waals surface area contributed by atoms with Gasteiger partial charge in [-0.25, -0.2) is 4.98 Å². The van der Waals surface area contributed by atoms with Crippen LogP contribution in [0.2, 0.25) is 0 Å². The molecule has 0 spiro atoms. The molecule has 0 amide bonds. The summed E-state index contributed by atoms with van der Waals surface area (Å²) in [6.07, 6.45) is 8.77. The van der Waals surface area contributed by atoms with Gasteiger partial charge in [0, 0.05) is 19.2 Å². The van der Waals surface area contributed by atoms with E-state index < -0.39 is 0 Å². The third-order valence-electron chi connectivity index (χ3n) is 4.11. The van der Waals surface area contributed by atoms with Crippen LogP contribution in [0.1, 0.15) is 43.4 Å². The number of nitrogens with zero attached hydrogens (tertiary/aromatic N) is 3. The third kappa shape index (κ3) is 2.42. The van der Waals surface area contributed by atoms with Crippen molar-refractivity contribution in [3.05, 3.63) is 11.3 Å². The molecule has 0 aliphatic heterocycles. The Morgan fingerprint density at radius 1 is 1.22 bits per heavy atom. The Balaban J connectivity index is 1.81. The van der Waals surface area contributed by atoms with Gasteiger partial charge in [0.1, 0.15) is 5.82 Å². The number of anilines is 2. The third-order valence-corrected chi connectivity index (χ3v) is 4.11. The minimum atomic E-state index is 0.434. The molecular weight excluding hydrogens is 224 g/mol. The molecule has 2 aliphatic carbocycles. The van der Waals surface area contributed by atoms with Crippen LogP contribution >= 0.6 is 0 Å². The van der Waals surface area contributed by atoms with Gasteiger partial charge in [0.05, 0.1) is 5.69 Å². The summed E-state index contributed by atoms with van der Waals surface area (Å²) in [5, 5.41) is 0. The minimum Gasteiger partial charge on any atom is -0.368 e. The fourth-order valence-electron chi connectivity index (χ4n) is 2.80.